The van der Waals surface area contributed by atoms with Gasteiger partial charge in [0.15, 0.2) is 0 Å². The number of carbonyl (C=O) groups is 4. The largest absolute Gasteiger partial charge is 0.469 e. The van der Waals surface area contributed by atoms with Gasteiger partial charge in [0.25, 0.3) is 0 Å². The summed E-state index contributed by atoms with van der Waals surface area (Å²) < 4.78 is 11.4. The smallest absolute Gasteiger partial charge is 0.338 e. The number of carbonyl (C=O) groups excluding carboxylic acids is 4. The lowest BCUT2D eigenvalue weighted by Gasteiger charge is -2.19. The molecule has 3 rings (SSSR count). The highest BCUT2D eigenvalue weighted by Crippen LogP contribution is 2.20. The molecule has 1 unspecified atom stereocenters. The first-order chi connectivity index (χ1) is 18.4. The lowest BCUT2D eigenvalue weighted by molar-refractivity contribution is -0.142. The number of esters is 2. The molecule has 204 valence electrons. The molecule has 2 aromatic carbocycles. The van der Waals surface area contributed by atoms with E-state index in [0.717, 1.165) is 0 Å². The average molecular weight is 555 g/mol. The molecule has 0 spiro atoms. The van der Waals surface area contributed by atoms with Crippen LogP contribution in [0.2, 0.25) is 5.02 Å². The van der Waals surface area contributed by atoms with E-state index in [4.69, 9.17) is 16.3 Å². The van der Waals surface area contributed by atoms with Gasteiger partial charge in [-0.05, 0) is 79.7 Å². The summed E-state index contributed by atoms with van der Waals surface area (Å²) in [4.78, 5) is 49.8. The Bertz CT molecular complexity index is 1370. The third kappa shape index (κ3) is 8.75. The molecule has 13 heteroatoms. The topological polar surface area (TPSA) is 154 Å². The van der Waals surface area contributed by atoms with Crippen molar-refractivity contribution in [2.45, 2.75) is 38.8 Å². The number of anilines is 1. The highest BCUT2D eigenvalue weighted by Gasteiger charge is 2.24. The molecule has 2 amide bonds. The zero-order valence-electron chi connectivity index (χ0n) is 21.7. The van der Waals surface area contributed by atoms with E-state index >= 15 is 0 Å². The Morgan fingerprint density at radius 2 is 1.82 bits per heavy atom. The molecule has 0 saturated heterocycles. The number of tetrazole rings is 1. The minimum absolute atomic E-state index is 0.300. The maximum atomic E-state index is 12.9. The van der Waals surface area contributed by atoms with Crippen molar-refractivity contribution in [3.63, 3.8) is 0 Å². The van der Waals surface area contributed by atoms with E-state index in [1.165, 1.54) is 54.5 Å². The molecule has 0 aliphatic carbocycles. The fourth-order valence-corrected chi connectivity index (χ4v) is 3.42. The van der Waals surface area contributed by atoms with Gasteiger partial charge in [-0.3, -0.25) is 14.4 Å². The third-order valence-corrected chi connectivity index (χ3v) is 5.25. The Hall–Kier alpha value is -4.58. The van der Waals surface area contributed by atoms with Crippen LogP contribution < -0.4 is 10.6 Å². The van der Waals surface area contributed by atoms with Gasteiger partial charge in [-0.25, -0.2) is 4.79 Å². The minimum atomic E-state index is -1.25. The molecule has 39 heavy (non-hydrogen) atoms. The lowest BCUT2D eigenvalue weighted by Crippen LogP contribution is -2.44. The van der Waals surface area contributed by atoms with Crippen LogP contribution in [0.4, 0.5) is 5.69 Å². The summed E-state index contributed by atoms with van der Waals surface area (Å²) in [5.74, 6) is -2.52. The van der Waals surface area contributed by atoms with Crippen molar-refractivity contribution in [3.8, 4) is 5.69 Å². The Morgan fingerprint density at radius 3 is 2.44 bits per heavy atom. The first-order valence-corrected chi connectivity index (χ1v) is 12.1. The van der Waals surface area contributed by atoms with Gasteiger partial charge in [-0.1, -0.05) is 11.6 Å². The monoisotopic (exact) mass is 554 g/mol. The molecule has 0 aliphatic heterocycles. The summed E-state index contributed by atoms with van der Waals surface area (Å²) in [5.41, 5.74) is 1.09. The van der Waals surface area contributed by atoms with Crippen LogP contribution in [0.5, 0.6) is 0 Å². The zero-order chi connectivity index (χ0) is 28.6. The number of ether oxygens (including phenoxy) is 2. The summed E-state index contributed by atoms with van der Waals surface area (Å²) in [6, 6.07) is 9.69. The maximum absolute atomic E-state index is 12.9. The van der Waals surface area contributed by atoms with Crippen LogP contribution in [0.1, 0.15) is 43.1 Å². The van der Waals surface area contributed by atoms with Gasteiger partial charge < -0.3 is 20.1 Å². The van der Waals surface area contributed by atoms with E-state index in [0.29, 0.717) is 27.5 Å². The molecule has 0 bridgehead atoms. The number of hydrogen-bond donors (Lipinski definition) is 2. The quantitative estimate of drug-likeness (QED) is 0.300. The minimum Gasteiger partial charge on any atom is -0.469 e. The lowest BCUT2D eigenvalue weighted by atomic mass is 10.1. The molecular formula is C26H27ClN6O6. The van der Waals surface area contributed by atoms with Crippen LogP contribution in [0, 0.1) is 0 Å². The second kappa shape index (κ2) is 12.8. The van der Waals surface area contributed by atoms with E-state index in [-0.39, 0.29) is 0 Å². The molecule has 3 aromatic rings. The fourth-order valence-electron chi connectivity index (χ4n) is 3.24. The average Bonchev–Trinajstić information content (AvgIpc) is 3.41. The van der Waals surface area contributed by atoms with Gasteiger partial charge in [0, 0.05) is 22.3 Å². The molecular weight excluding hydrogens is 528 g/mol. The third-order valence-electron chi connectivity index (χ3n) is 5.02. The van der Waals surface area contributed by atoms with Crippen LogP contribution in [-0.2, 0) is 23.9 Å². The van der Waals surface area contributed by atoms with Gasteiger partial charge in [0.1, 0.15) is 18.0 Å². The number of amides is 2. The van der Waals surface area contributed by atoms with Crippen molar-refractivity contribution >= 4 is 47.1 Å². The van der Waals surface area contributed by atoms with Crippen LogP contribution in [-0.4, -0.2) is 62.7 Å². The van der Waals surface area contributed by atoms with Crippen LogP contribution >= 0.6 is 11.6 Å². The highest BCUT2D eigenvalue weighted by atomic mass is 35.5. The molecule has 2 N–H and O–H groups in total. The Kier molecular flexibility index (Phi) is 9.50. The summed E-state index contributed by atoms with van der Waals surface area (Å²) in [6.07, 6.45) is 3.63. The number of aromatic nitrogens is 4. The molecule has 0 saturated carbocycles. The maximum Gasteiger partial charge on any atom is 0.338 e. The molecule has 1 atom stereocenters. The number of methoxy groups -OCH3 is 1. The van der Waals surface area contributed by atoms with Crippen LogP contribution in [0.3, 0.4) is 0 Å². The summed E-state index contributed by atoms with van der Waals surface area (Å²) in [7, 11) is 1.17. The van der Waals surface area contributed by atoms with Crippen molar-refractivity contribution < 1.29 is 28.7 Å². The SMILES string of the molecule is COC(=O)CC(NC(=O)C=Cc1cc(Cl)ccc1-n1cnnn1)C(=O)Nc1ccc(C(=O)OC(C)(C)C)cc1. The van der Waals surface area contributed by atoms with Crippen molar-refractivity contribution in [1.82, 2.24) is 25.5 Å². The van der Waals surface area contributed by atoms with E-state index in [9.17, 15) is 19.2 Å². The second-order valence-electron chi connectivity index (χ2n) is 9.20. The van der Waals surface area contributed by atoms with E-state index in [1.807, 2.05) is 0 Å². The van der Waals surface area contributed by atoms with Crippen molar-refractivity contribution in [1.29, 1.82) is 0 Å². The Labute approximate surface area is 229 Å². The number of halogens is 1. The first kappa shape index (κ1) is 29.0. The standard InChI is InChI=1S/C26H27ClN6O6/c1-26(2,3)39-25(37)16-5-9-19(10-6-16)29-24(36)20(14-23(35)38-4)30-22(34)12-7-17-13-18(27)8-11-21(17)33-15-28-31-32-33/h5-13,15,20H,14H2,1-4H3,(H,29,36)(H,30,34). The fraction of sp³-hybridized carbons (Fsp3) is 0.269. The van der Waals surface area contributed by atoms with Gasteiger partial charge in [-0.15, -0.1) is 5.10 Å². The highest BCUT2D eigenvalue weighted by molar-refractivity contribution is 6.30. The van der Waals surface area contributed by atoms with E-state index in [1.54, 1.807) is 39.0 Å². The van der Waals surface area contributed by atoms with Gasteiger partial charge in [0.2, 0.25) is 11.8 Å². The number of hydrogen-bond acceptors (Lipinski definition) is 9. The van der Waals surface area contributed by atoms with Gasteiger partial charge in [0.05, 0.1) is 24.8 Å². The normalized spacial score (nSPS) is 12.0. The summed E-state index contributed by atoms with van der Waals surface area (Å²) in [5, 5.41) is 16.6. The molecule has 0 fully saturated rings. The Balaban J connectivity index is 1.71. The predicted molar refractivity (Wildman–Crippen MR) is 142 cm³/mol. The molecule has 12 nitrogen and oxygen atoms in total. The second-order valence-corrected chi connectivity index (χ2v) is 9.64. The van der Waals surface area contributed by atoms with Crippen LogP contribution in [0.25, 0.3) is 11.8 Å². The number of nitrogens with zero attached hydrogens (tertiary/aromatic N) is 4. The van der Waals surface area contributed by atoms with Crippen molar-refractivity contribution in [3.05, 3.63) is 71.0 Å². The zero-order valence-corrected chi connectivity index (χ0v) is 22.4. The predicted octanol–water partition coefficient (Wildman–Crippen LogP) is 2.97. The molecule has 1 heterocycles. The number of rotatable bonds is 9. The first-order valence-electron chi connectivity index (χ1n) is 11.7. The van der Waals surface area contributed by atoms with Crippen molar-refractivity contribution in [2.24, 2.45) is 0 Å². The van der Waals surface area contributed by atoms with Gasteiger partial charge in [-0.2, -0.15) is 4.68 Å². The van der Waals surface area contributed by atoms with Crippen molar-refractivity contribution in [2.75, 3.05) is 12.4 Å². The molecule has 0 radical (unpaired) electrons. The molecule has 1 aromatic heterocycles. The van der Waals surface area contributed by atoms with E-state index < -0.39 is 41.8 Å². The molecule has 0 aliphatic rings. The summed E-state index contributed by atoms with van der Waals surface area (Å²) in [6.45, 7) is 5.27. The summed E-state index contributed by atoms with van der Waals surface area (Å²) >= 11 is 6.10. The number of nitrogens with one attached hydrogen (secondary N) is 2. The Morgan fingerprint density at radius 1 is 1.10 bits per heavy atom. The van der Waals surface area contributed by atoms with E-state index in [2.05, 4.69) is 30.9 Å². The number of benzene rings is 2. The van der Waals surface area contributed by atoms with Gasteiger partial charge >= 0.3 is 11.9 Å². The van der Waals surface area contributed by atoms with Crippen LogP contribution in [0.15, 0.2) is 54.9 Å².